The van der Waals surface area contributed by atoms with Gasteiger partial charge in [-0.05, 0) is 42.8 Å². The molecule has 2 aromatic carbocycles. The van der Waals surface area contributed by atoms with E-state index in [9.17, 15) is 5.11 Å². The highest BCUT2D eigenvalue weighted by Crippen LogP contribution is 2.26. The number of thiazole rings is 1. The summed E-state index contributed by atoms with van der Waals surface area (Å²) >= 11 is 4.99. The number of hydrogen-bond donors (Lipinski definition) is 1. The van der Waals surface area contributed by atoms with Crippen molar-refractivity contribution in [2.75, 3.05) is 13.2 Å². The van der Waals surface area contributed by atoms with Crippen LogP contribution >= 0.6 is 27.3 Å². The highest BCUT2D eigenvalue weighted by molar-refractivity contribution is 9.10. The Balaban J connectivity index is 2.03. The predicted octanol–water partition coefficient (Wildman–Crippen LogP) is 5.05. The first-order chi connectivity index (χ1) is 13.6. The van der Waals surface area contributed by atoms with Gasteiger partial charge in [0.2, 0.25) is 4.80 Å². The van der Waals surface area contributed by atoms with Gasteiger partial charge in [-0.2, -0.15) is 5.10 Å². The van der Waals surface area contributed by atoms with Gasteiger partial charge in [-0.15, -0.1) is 17.9 Å². The number of aromatic hydroxyl groups is 1. The second-order valence-corrected chi connectivity index (χ2v) is 7.51. The van der Waals surface area contributed by atoms with Gasteiger partial charge in [0.1, 0.15) is 0 Å². The summed E-state index contributed by atoms with van der Waals surface area (Å²) in [5.74, 6) is 0.547. The van der Waals surface area contributed by atoms with E-state index in [1.165, 1.54) is 11.3 Å². The van der Waals surface area contributed by atoms with E-state index in [1.807, 2.05) is 41.2 Å². The van der Waals surface area contributed by atoms with Crippen molar-refractivity contribution in [3.05, 3.63) is 75.3 Å². The number of hydrogen-bond acceptors (Lipinski definition) is 5. The summed E-state index contributed by atoms with van der Waals surface area (Å²) < 4.78 is 8.27. The maximum absolute atomic E-state index is 9.87. The van der Waals surface area contributed by atoms with E-state index in [0.717, 1.165) is 26.1 Å². The van der Waals surface area contributed by atoms with Crippen LogP contribution in [0.5, 0.6) is 11.5 Å². The Labute approximate surface area is 176 Å². The van der Waals surface area contributed by atoms with Crippen molar-refractivity contribution in [1.82, 2.24) is 4.68 Å². The van der Waals surface area contributed by atoms with Crippen molar-refractivity contribution in [3.8, 4) is 22.8 Å². The zero-order valence-electron chi connectivity index (χ0n) is 15.4. The molecule has 0 radical (unpaired) electrons. The van der Waals surface area contributed by atoms with Crippen molar-refractivity contribution in [2.45, 2.75) is 6.92 Å². The van der Waals surface area contributed by atoms with Crippen molar-refractivity contribution in [1.29, 1.82) is 0 Å². The fourth-order valence-electron chi connectivity index (χ4n) is 2.49. The molecule has 0 bridgehead atoms. The van der Waals surface area contributed by atoms with Gasteiger partial charge in [-0.1, -0.05) is 34.1 Å². The third-order valence-electron chi connectivity index (χ3n) is 3.79. The minimum absolute atomic E-state index is 0.111. The standard InChI is InChI=1S/C21H20BrN3O2S/c1-3-11-23-21-25(18(14-28-21)16-6-8-17(22)9-7-16)24-13-15-5-10-19(26)20(12-15)27-4-2/h3,5-10,12-14,26H,1,4,11H2,2H3. The van der Waals surface area contributed by atoms with Gasteiger partial charge in [-0.25, -0.2) is 4.68 Å². The Bertz CT molecular complexity index is 1050. The molecule has 144 valence electrons. The smallest absolute Gasteiger partial charge is 0.206 e. The molecule has 0 spiro atoms. The number of phenols is 1. The molecule has 0 aliphatic heterocycles. The number of halogens is 1. The molecule has 0 saturated carbocycles. The third kappa shape index (κ3) is 4.79. The van der Waals surface area contributed by atoms with Crippen molar-refractivity contribution in [3.63, 3.8) is 0 Å². The molecule has 0 fully saturated rings. The van der Waals surface area contributed by atoms with E-state index in [2.05, 4.69) is 32.6 Å². The SMILES string of the molecule is C=CCN=c1scc(-c2ccc(Br)cc2)n1N=Cc1ccc(O)c(OCC)c1. The van der Waals surface area contributed by atoms with Gasteiger partial charge in [0.25, 0.3) is 0 Å². The molecule has 0 aliphatic rings. The zero-order valence-corrected chi connectivity index (χ0v) is 17.8. The van der Waals surface area contributed by atoms with Crippen LogP contribution in [0.2, 0.25) is 0 Å². The van der Waals surface area contributed by atoms with Crippen LogP contribution in [0.4, 0.5) is 0 Å². The molecule has 1 heterocycles. The summed E-state index contributed by atoms with van der Waals surface area (Å²) in [6, 6.07) is 13.2. The largest absolute Gasteiger partial charge is 0.504 e. The number of aromatic nitrogens is 1. The Kier molecular flexibility index (Phi) is 6.84. The molecular formula is C21H20BrN3O2S. The lowest BCUT2D eigenvalue weighted by Gasteiger charge is -2.07. The van der Waals surface area contributed by atoms with Crippen molar-refractivity contribution in [2.24, 2.45) is 10.1 Å². The predicted molar refractivity (Wildman–Crippen MR) is 118 cm³/mol. The lowest BCUT2D eigenvalue weighted by molar-refractivity contribution is 0.318. The molecule has 7 heteroatoms. The van der Waals surface area contributed by atoms with Gasteiger partial charge >= 0.3 is 0 Å². The fraction of sp³-hybridized carbons (Fsp3) is 0.143. The van der Waals surface area contributed by atoms with Crippen LogP contribution in [0.3, 0.4) is 0 Å². The van der Waals surface area contributed by atoms with Crippen LogP contribution in [0.25, 0.3) is 11.3 Å². The fourth-order valence-corrected chi connectivity index (χ4v) is 3.60. The van der Waals surface area contributed by atoms with Gasteiger partial charge in [0, 0.05) is 15.4 Å². The van der Waals surface area contributed by atoms with Gasteiger partial charge < -0.3 is 9.84 Å². The number of nitrogens with zero attached hydrogens (tertiary/aromatic N) is 3. The third-order valence-corrected chi connectivity index (χ3v) is 5.17. The first-order valence-electron chi connectivity index (χ1n) is 8.70. The van der Waals surface area contributed by atoms with Crippen LogP contribution in [0, 0.1) is 0 Å². The van der Waals surface area contributed by atoms with Crippen molar-refractivity contribution >= 4 is 33.5 Å². The summed E-state index contributed by atoms with van der Waals surface area (Å²) in [7, 11) is 0. The molecule has 3 aromatic rings. The van der Waals surface area contributed by atoms with E-state index >= 15 is 0 Å². The minimum atomic E-state index is 0.111. The maximum atomic E-state index is 9.87. The molecule has 0 unspecified atom stereocenters. The summed E-state index contributed by atoms with van der Waals surface area (Å²) in [6.07, 6.45) is 3.48. The second-order valence-electron chi connectivity index (χ2n) is 5.76. The molecule has 5 nitrogen and oxygen atoms in total. The number of phenolic OH excluding ortho intramolecular Hbond substituents is 1. The van der Waals surface area contributed by atoms with Gasteiger partial charge in [0.15, 0.2) is 11.5 Å². The topological polar surface area (TPSA) is 59.1 Å². The Morgan fingerprint density at radius 3 is 2.75 bits per heavy atom. The van der Waals surface area contributed by atoms with Gasteiger partial charge in [0.05, 0.1) is 25.1 Å². The molecule has 1 N–H and O–H groups in total. The van der Waals surface area contributed by atoms with Crippen molar-refractivity contribution < 1.29 is 9.84 Å². The van der Waals surface area contributed by atoms with Crippen LogP contribution < -0.4 is 9.54 Å². The Morgan fingerprint density at radius 2 is 2.04 bits per heavy atom. The Morgan fingerprint density at radius 1 is 1.25 bits per heavy atom. The molecule has 0 atom stereocenters. The first-order valence-corrected chi connectivity index (χ1v) is 10.4. The summed E-state index contributed by atoms with van der Waals surface area (Å²) in [5, 5.41) is 16.6. The normalized spacial score (nSPS) is 11.9. The number of ether oxygens (including phenoxy) is 1. The van der Waals surface area contributed by atoms with Crippen LogP contribution in [-0.4, -0.2) is 29.1 Å². The highest BCUT2D eigenvalue weighted by Gasteiger charge is 2.08. The van der Waals surface area contributed by atoms with Gasteiger partial charge in [-0.3, -0.25) is 4.99 Å². The average molecular weight is 458 g/mol. The first kappa shape index (κ1) is 20.1. The lowest BCUT2D eigenvalue weighted by Crippen LogP contribution is -2.12. The van der Waals surface area contributed by atoms with E-state index in [4.69, 9.17) is 4.74 Å². The summed E-state index contributed by atoms with van der Waals surface area (Å²) in [4.78, 5) is 5.31. The molecule has 28 heavy (non-hydrogen) atoms. The summed E-state index contributed by atoms with van der Waals surface area (Å²) in [5.41, 5.74) is 2.80. The summed E-state index contributed by atoms with van der Waals surface area (Å²) in [6.45, 7) is 6.60. The molecule has 0 saturated heterocycles. The number of rotatable bonds is 7. The minimum Gasteiger partial charge on any atom is -0.504 e. The van der Waals surface area contributed by atoms with Crippen LogP contribution in [-0.2, 0) is 0 Å². The zero-order chi connectivity index (χ0) is 19.9. The second kappa shape index (κ2) is 9.52. The molecule has 3 rings (SSSR count). The van der Waals surface area contributed by atoms with E-state index in [-0.39, 0.29) is 5.75 Å². The van der Waals surface area contributed by atoms with E-state index < -0.39 is 0 Å². The highest BCUT2D eigenvalue weighted by atomic mass is 79.9. The monoisotopic (exact) mass is 457 g/mol. The quantitative estimate of drug-likeness (QED) is 0.398. The van der Waals surface area contributed by atoms with E-state index in [1.54, 1.807) is 30.5 Å². The van der Waals surface area contributed by atoms with E-state index in [0.29, 0.717) is 18.9 Å². The molecule has 0 amide bonds. The van der Waals surface area contributed by atoms with Crippen LogP contribution in [0.15, 0.2) is 75.1 Å². The van der Waals surface area contributed by atoms with Crippen LogP contribution in [0.1, 0.15) is 12.5 Å². The molecule has 0 aliphatic carbocycles. The Hall–Kier alpha value is -2.64. The molecular weight excluding hydrogens is 438 g/mol. The lowest BCUT2D eigenvalue weighted by atomic mass is 10.2. The maximum Gasteiger partial charge on any atom is 0.206 e. The molecule has 1 aromatic heterocycles. The number of benzene rings is 2. The average Bonchev–Trinajstić information content (AvgIpc) is 3.10.